The third kappa shape index (κ3) is 2.96. The highest BCUT2D eigenvalue weighted by molar-refractivity contribution is 5.43. The van der Waals surface area contributed by atoms with E-state index in [2.05, 4.69) is 6.07 Å². The summed E-state index contributed by atoms with van der Waals surface area (Å²) in [7, 11) is 3.32. The van der Waals surface area contributed by atoms with Gasteiger partial charge >= 0.3 is 0 Å². The zero-order valence-electron chi connectivity index (χ0n) is 11.3. The van der Waals surface area contributed by atoms with E-state index in [4.69, 9.17) is 15.2 Å². The van der Waals surface area contributed by atoms with E-state index in [0.29, 0.717) is 5.92 Å². The predicted octanol–water partition coefficient (Wildman–Crippen LogP) is 2.76. The molecule has 2 rings (SSSR count). The molecule has 0 bridgehead atoms. The Morgan fingerprint density at radius 1 is 1.17 bits per heavy atom. The highest BCUT2D eigenvalue weighted by Gasteiger charge is 2.22. The first-order valence-electron chi connectivity index (χ1n) is 6.71. The first-order valence-corrected chi connectivity index (χ1v) is 6.71. The maximum absolute atomic E-state index is 6.30. The van der Waals surface area contributed by atoms with Gasteiger partial charge in [0.2, 0.25) is 0 Å². The Hall–Kier alpha value is -1.22. The largest absolute Gasteiger partial charge is 0.493 e. The van der Waals surface area contributed by atoms with Crippen LogP contribution in [0.3, 0.4) is 0 Å². The number of hydrogen-bond donors (Lipinski definition) is 1. The lowest BCUT2D eigenvalue weighted by molar-refractivity contribution is 0.354. The molecular formula is C15H23NO2. The Balaban J connectivity index is 2.04. The topological polar surface area (TPSA) is 44.5 Å². The van der Waals surface area contributed by atoms with Crippen molar-refractivity contribution < 1.29 is 9.47 Å². The molecule has 0 amide bonds. The van der Waals surface area contributed by atoms with Gasteiger partial charge in [-0.2, -0.15) is 0 Å². The third-order valence-electron chi connectivity index (χ3n) is 3.92. The van der Waals surface area contributed by atoms with E-state index < -0.39 is 0 Å². The molecule has 3 nitrogen and oxygen atoms in total. The first-order chi connectivity index (χ1) is 8.74. The van der Waals surface area contributed by atoms with E-state index in [-0.39, 0.29) is 6.04 Å². The molecule has 1 atom stereocenters. The molecule has 1 aliphatic carbocycles. The van der Waals surface area contributed by atoms with Gasteiger partial charge in [0, 0.05) is 6.04 Å². The van der Waals surface area contributed by atoms with Crippen molar-refractivity contribution in [2.75, 3.05) is 14.2 Å². The zero-order valence-corrected chi connectivity index (χ0v) is 11.3. The van der Waals surface area contributed by atoms with Crippen LogP contribution in [0.2, 0.25) is 0 Å². The lowest BCUT2D eigenvalue weighted by Gasteiger charge is -2.19. The fourth-order valence-corrected chi connectivity index (χ4v) is 2.83. The summed E-state index contributed by atoms with van der Waals surface area (Å²) in [6.07, 6.45) is 6.17. The number of ether oxygens (including phenoxy) is 2. The highest BCUT2D eigenvalue weighted by atomic mass is 16.5. The molecule has 3 heteroatoms. The summed E-state index contributed by atoms with van der Waals surface area (Å²) in [4.78, 5) is 0. The Morgan fingerprint density at radius 2 is 1.83 bits per heavy atom. The van der Waals surface area contributed by atoms with E-state index in [9.17, 15) is 0 Å². The fraction of sp³-hybridized carbons (Fsp3) is 0.600. The lowest BCUT2D eigenvalue weighted by atomic mass is 9.93. The molecule has 0 spiro atoms. The minimum Gasteiger partial charge on any atom is -0.493 e. The van der Waals surface area contributed by atoms with Crippen LogP contribution in [0, 0.1) is 5.92 Å². The Morgan fingerprint density at radius 3 is 2.44 bits per heavy atom. The van der Waals surface area contributed by atoms with Crippen molar-refractivity contribution in [2.24, 2.45) is 11.7 Å². The molecule has 0 radical (unpaired) electrons. The molecule has 0 heterocycles. The Kier molecular flexibility index (Phi) is 4.48. The molecule has 0 aliphatic heterocycles. The molecule has 18 heavy (non-hydrogen) atoms. The van der Waals surface area contributed by atoms with Crippen LogP contribution in [0.1, 0.15) is 31.2 Å². The van der Waals surface area contributed by atoms with Gasteiger partial charge in [-0.1, -0.05) is 18.9 Å². The van der Waals surface area contributed by atoms with Crippen LogP contribution in [0.4, 0.5) is 0 Å². The lowest BCUT2D eigenvalue weighted by Crippen LogP contribution is -2.30. The molecule has 0 saturated heterocycles. The summed E-state index contributed by atoms with van der Waals surface area (Å²) in [5, 5.41) is 0. The Bertz CT molecular complexity index is 386. The second kappa shape index (κ2) is 6.10. The monoisotopic (exact) mass is 249 g/mol. The highest BCUT2D eigenvalue weighted by Crippen LogP contribution is 2.31. The van der Waals surface area contributed by atoms with Crippen LogP contribution < -0.4 is 15.2 Å². The summed E-state index contributed by atoms with van der Waals surface area (Å²) in [5.41, 5.74) is 7.53. The van der Waals surface area contributed by atoms with Crippen LogP contribution in [0.15, 0.2) is 18.2 Å². The van der Waals surface area contributed by atoms with Crippen molar-refractivity contribution in [1.82, 2.24) is 0 Å². The molecule has 1 unspecified atom stereocenters. The van der Waals surface area contributed by atoms with Crippen molar-refractivity contribution in [3.05, 3.63) is 23.8 Å². The smallest absolute Gasteiger partial charge is 0.160 e. The van der Waals surface area contributed by atoms with Crippen LogP contribution in [-0.2, 0) is 6.42 Å². The maximum Gasteiger partial charge on any atom is 0.160 e. The number of hydrogen-bond acceptors (Lipinski definition) is 3. The van der Waals surface area contributed by atoms with Gasteiger partial charge in [-0.25, -0.2) is 0 Å². The molecule has 1 fully saturated rings. The van der Waals surface area contributed by atoms with Gasteiger partial charge in [-0.15, -0.1) is 0 Å². The molecule has 0 aromatic heterocycles. The van der Waals surface area contributed by atoms with E-state index >= 15 is 0 Å². The average Bonchev–Trinajstić information content (AvgIpc) is 2.92. The van der Waals surface area contributed by atoms with E-state index in [1.807, 2.05) is 12.1 Å². The normalized spacial score (nSPS) is 17.7. The predicted molar refractivity (Wildman–Crippen MR) is 73.2 cm³/mol. The standard InChI is InChI=1S/C15H23NO2/c1-17-14-8-7-11(10-15(14)18-2)9-13(16)12-5-3-4-6-12/h7-8,10,12-13H,3-6,9,16H2,1-2H3. The van der Waals surface area contributed by atoms with Gasteiger partial charge < -0.3 is 15.2 Å². The van der Waals surface area contributed by atoms with Gasteiger partial charge in [0.1, 0.15) is 0 Å². The summed E-state index contributed by atoms with van der Waals surface area (Å²) >= 11 is 0. The SMILES string of the molecule is COc1ccc(CC(N)C2CCCC2)cc1OC. The molecule has 1 aromatic carbocycles. The number of nitrogens with two attached hydrogens (primary N) is 1. The van der Waals surface area contributed by atoms with E-state index in [1.54, 1.807) is 14.2 Å². The van der Waals surface area contributed by atoms with E-state index in [0.717, 1.165) is 17.9 Å². The van der Waals surface area contributed by atoms with Gasteiger partial charge in [0.25, 0.3) is 0 Å². The fourth-order valence-electron chi connectivity index (χ4n) is 2.83. The van der Waals surface area contributed by atoms with Gasteiger partial charge in [0.15, 0.2) is 11.5 Å². The van der Waals surface area contributed by atoms with Crippen LogP contribution in [-0.4, -0.2) is 20.3 Å². The molecule has 100 valence electrons. The number of rotatable bonds is 5. The van der Waals surface area contributed by atoms with Crippen LogP contribution in [0.25, 0.3) is 0 Å². The second-order valence-electron chi connectivity index (χ2n) is 5.10. The second-order valence-corrected chi connectivity index (χ2v) is 5.10. The summed E-state index contributed by atoms with van der Waals surface area (Å²) in [6.45, 7) is 0. The molecular weight excluding hydrogens is 226 g/mol. The third-order valence-corrected chi connectivity index (χ3v) is 3.92. The summed E-state index contributed by atoms with van der Waals surface area (Å²) in [5.74, 6) is 2.25. The molecule has 2 N–H and O–H groups in total. The molecule has 1 aliphatic rings. The first kappa shape index (κ1) is 13.2. The van der Waals surface area contributed by atoms with Crippen LogP contribution >= 0.6 is 0 Å². The molecule has 1 saturated carbocycles. The van der Waals surface area contributed by atoms with E-state index in [1.165, 1.54) is 31.2 Å². The average molecular weight is 249 g/mol. The van der Waals surface area contributed by atoms with Gasteiger partial charge in [0.05, 0.1) is 14.2 Å². The van der Waals surface area contributed by atoms with Crippen molar-refractivity contribution >= 4 is 0 Å². The zero-order chi connectivity index (χ0) is 13.0. The van der Waals surface area contributed by atoms with Gasteiger partial charge in [-0.05, 0) is 42.9 Å². The van der Waals surface area contributed by atoms with Crippen molar-refractivity contribution in [1.29, 1.82) is 0 Å². The van der Waals surface area contributed by atoms with Crippen molar-refractivity contribution in [3.63, 3.8) is 0 Å². The summed E-state index contributed by atoms with van der Waals surface area (Å²) in [6, 6.07) is 6.34. The minimum absolute atomic E-state index is 0.269. The number of benzene rings is 1. The van der Waals surface area contributed by atoms with Crippen LogP contribution in [0.5, 0.6) is 11.5 Å². The quantitative estimate of drug-likeness (QED) is 0.872. The summed E-state index contributed by atoms with van der Waals surface area (Å²) < 4.78 is 10.6. The van der Waals surface area contributed by atoms with Crippen molar-refractivity contribution in [3.8, 4) is 11.5 Å². The minimum atomic E-state index is 0.269. The molecule has 1 aromatic rings. The Labute approximate surface area is 109 Å². The maximum atomic E-state index is 6.30. The number of methoxy groups -OCH3 is 2. The van der Waals surface area contributed by atoms with Crippen molar-refractivity contribution in [2.45, 2.75) is 38.1 Å². The van der Waals surface area contributed by atoms with Gasteiger partial charge in [-0.3, -0.25) is 0 Å².